The molecule has 1 aromatic heterocycles. The zero-order valence-electron chi connectivity index (χ0n) is 17.8. The molecular formula is C23H31N3O3. The zero-order valence-corrected chi connectivity index (χ0v) is 17.8. The Hall–Kier alpha value is -2.60. The molecule has 6 nitrogen and oxygen atoms in total. The van der Waals surface area contributed by atoms with Crippen LogP contribution in [0, 0.1) is 0 Å². The van der Waals surface area contributed by atoms with Crippen LogP contribution in [0.2, 0.25) is 0 Å². The summed E-state index contributed by atoms with van der Waals surface area (Å²) < 4.78 is 5.46. The third kappa shape index (κ3) is 5.48. The summed E-state index contributed by atoms with van der Waals surface area (Å²) >= 11 is 0. The van der Waals surface area contributed by atoms with Crippen LogP contribution in [-0.2, 0) is 17.7 Å². The third-order valence-corrected chi connectivity index (χ3v) is 5.18. The number of ether oxygens (including phenoxy) is 1. The second-order valence-electron chi connectivity index (χ2n) is 8.65. The molecule has 1 aromatic carbocycles. The number of nitrogens with one attached hydrogen (secondary N) is 1. The quantitative estimate of drug-likeness (QED) is 0.835. The lowest BCUT2D eigenvalue weighted by atomic mass is 9.93. The maximum absolute atomic E-state index is 12.7. The van der Waals surface area contributed by atoms with Crippen LogP contribution in [0.15, 0.2) is 47.4 Å². The summed E-state index contributed by atoms with van der Waals surface area (Å²) in [6.07, 6.45) is 2.86. The summed E-state index contributed by atoms with van der Waals surface area (Å²) in [5.74, 6) is 0. The van der Waals surface area contributed by atoms with Gasteiger partial charge in [0.25, 0.3) is 0 Å². The molecule has 156 valence electrons. The normalized spacial score (nSPS) is 16.9. The molecule has 1 N–H and O–H groups in total. The smallest absolute Gasteiger partial charge is 0.410 e. The number of amides is 1. The van der Waals surface area contributed by atoms with Gasteiger partial charge in [0.05, 0.1) is 0 Å². The standard InChI is InChI=1S/C23H31N3O3/c1-23(2,3)29-22(28)25(4)14-12-19-21-18(24-13-10-20(21)27)11-15-26(19)16-17-8-6-5-7-9-17/h5-10,13,19H,11-12,14-16H2,1-4H3,(H,24,27). The minimum atomic E-state index is -0.528. The molecule has 6 heteroatoms. The largest absolute Gasteiger partial charge is 0.444 e. The number of benzene rings is 1. The average molecular weight is 398 g/mol. The fourth-order valence-corrected chi connectivity index (χ4v) is 3.78. The van der Waals surface area contributed by atoms with E-state index in [2.05, 4.69) is 22.0 Å². The summed E-state index contributed by atoms with van der Waals surface area (Å²) in [7, 11) is 1.74. The summed E-state index contributed by atoms with van der Waals surface area (Å²) in [5.41, 5.74) is 2.58. The zero-order chi connectivity index (χ0) is 21.0. The molecule has 0 spiro atoms. The van der Waals surface area contributed by atoms with Gasteiger partial charge in [0.15, 0.2) is 5.43 Å². The number of H-pyrrole nitrogens is 1. The van der Waals surface area contributed by atoms with Crippen molar-refractivity contribution in [2.24, 2.45) is 0 Å². The number of aromatic nitrogens is 1. The molecule has 0 saturated heterocycles. The first-order chi connectivity index (χ1) is 13.7. The van der Waals surface area contributed by atoms with E-state index in [0.29, 0.717) is 13.0 Å². The summed E-state index contributed by atoms with van der Waals surface area (Å²) in [4.78, 5) is 32.2. The van der Waals surface area contributed by atoms with E-state index in [4.69, 9.17) is 4.74 Å². The molecule has 0 fully saturated rings. The Balaban J connectivity index is 1.79. The van der Waals surface area contributed by atoms with Crippen LogP contribution < -0.4 is 5.43 Å². The molecule has 0 aliphatic carbocycles. The maximum Gasteiger partial charge on any atom is 0.410 e. The highest BCUT2D eigenvalue weighted by atomic mass is 16.6. The lowest BCUT2D eigenvalue weighted by Crippen LogP contribution is -2.41. The molecule has 2 aromatic rings. The molecule has 0 radical (unpaired) electrons. The first-order valence-corrected chi connectivity index (χ1v) is 10.2. The molecular weight excluding hydrogens is 366 g/mol. The fraction of sp³-hybridized carbons (Fsp3) is 0.478. The van der Waals surface area contributed by atoms with E-state index in [1.54, 1.807) is 24.2 Å². The van der Waals surface area contributed by atoms with Gasteiger partial charge in [-0.15, -0.1) is 0 Å². The first kappa shape index (κ1) is 21.1. The van der Waals surface area contributed by atoms with Crippen molar-refractivity contribution in [3.63, 3.8) is 0 Å². The molecule has 1 amide bonds. The van der Waals surface area contributed by atoms with Crippen molar-refractivity contribution in [1.29, 1.82) is 0 Å². The van der Waals surface area contributed by atoms with E-state index in [-0.39, 0.29) is 17.6 Å². The molecule has 1 aliphatic rings. The Morgan fingerprint density at radius 1 is 1.24 bits per heavy atom. The van der Waals surface area contributed by atoms with Gasteiger partial charge in [-0.1, -0.05) is 30.3 Å². The van der Waals surface area contributed by atoms with Gasteiger partial charge >= 0.3 is 6.09 Å². The molecule has 0 saturated carbocycles. The average Bonchev–Trinajstić information content (AvgIpc) is 2.66. The van der Waals surface area contributed by atoms with Gasteiger partial charge in [0.2, 0.25) is 0 Å². The molecule has 3 rings (SSSR count). The van der Waals surface area contributed by atoms with Gasteiger partial charge in [-0.2, -0.15) is 0 Å². The van der Waals surface area contributed by atoms with E-state index < -0.39 is 5.60 Å². The number of pyridine rings is 1. The topological polar surface area (TPSA) is 65.6 Å². The fourth-order valence-electron chi connectivity index (χ4n) is 3.78. The van der Waals surface area contributed by atoms with Gasteiger partial charge in [0.1, 0.15) is 5.60 Å². The number of rotatable bonds is 5. The lowest BCUT2D eigenvalue weighted by molar-refractivity contribution is 0.0278. The highest BCUT2D eigenvalue weighted by Gasteiger charge is 2.30. The minimum Gasteiger partial charge on any atom is -0.444 e. The second kappa shape index (κ2) is 8.82. The minimum absolute atomic E-state index is 0.0474. The Bertz CT molecular complexity index is 886. The van der Waals surface area contributed by atoms with Crippen molar-refractivity contribution >= 4 is 6.09 Å². The van der Waals surface area contributed by atoms with Crippen LogP contribution in [0.1, 0.15) is 50.1 Å². The van der Waals surface area contributed by atoms with Gasteiger partial charge in [-0.3, -0.25) is 9.69 Å². The van der Waals surface area contributed by atoms with Crippen LogP contribution in [-0.4, -0.2) is 46.6 Å². The second-order valence-corrected chi connectivity index (χ2v) is 8.65. The van der Waals surface area contributed by atoms with Gasteiger partial charge in [-0.25, -0.2) is 4.79 Å². The first-order valence-electron chi connectivity index (χ1n) is 10.2. The van der Waals surface area contributed by atoms with Crippen LogP contribution in [0.4, 0.5) is 4.79 Å². The van der Waals surface area contributed by atoms with Crippen LogP contribution in [0.3, 0.4) is 0 Å². The van der Waals surface area contributed by atoms with Crippen LogP contribution in [0.5, 0.6) is 0 Å². The molecule has 2 heterocycles. The van der Waals surface area contributed by atoms with E-state index in [9.17, 15) is 9.59 Å². The predicted octanol–water partition coefficient (Wildman–Crippen LogP) is 3.73. The van der Waals surface area contributed by atoms with E-state index in [1.807, 2.05) is 39.0 Å². The number of carbonyl (C=O) groups excluding carboxylic acids is 1. The summed E-state index contributed by atoms with van der Waals surface area (Å²) in [6, 6.07) is 11.8. The van der Waals surface area contributed by atoms with Crippen molar-refractivity contribution in [2.45, 2.75) is 51.8 Å². The number of fused-ring (bicyclic) bond motifs is 1. The molecule has 29 heavy (non-hydrogen) atoms. The highest BCUT2D eigenvalue weighted by Crippen LogP contribution is 2.30. The monoisotopic (exact) mass is 397 g/mol. The van der Waals surface area contributed by atoms with Gasteiger partial charge in [0, 0.05) is 62.7 Å². The van der Waals surface area contributed by atoms with Crippen molar-refractivity contribution in [3.8, 4) is 0 Å². The Labute approximate surface area is 172 Å². The van der Waals surface area contributed by atoms with E-state index in [1.165, 1.54) is 5.56 Å². The number of hydrogen-bond donors (Lipinski definition) is 1. The van der Waals surface area contributed by atoms with Crippen molar-refractivity contribution in [2.75, 3.05) is 20.1 Å². The molecule has 0 bridgehead atoms. The Morgan fingerprint density at radius 2 is 1.97 bits per heavy atom. The number of carbonyl (C=O) groups is 1. The third-order valence-electron chi connectivity index (χ3n) is 5.18. The van der Waals surface area contributed by atoms with E-state index >= 15 is 0 Å². The summed E-state index contributed by atoms with van der Waals surface area (Å²) in [5, 5.41) is 0. The van der Waals surface area contributed by atoms with Crippen LogP contribution >= 0.6 is 0 Å². The van der Waals surface area contributed by atoms with Crippen molar-refractivity contribution in [3.05, 3.63) is 69.6 Å². The molecule has 1 unspecified atom stereocenters. The highest BCUT2D eigenvalue weighted by molar-refractivity contribution is 5.67. The molecule has 1 aliphatic heterocycles. The Morgan fingerprint density at radius 3 is 2.66 bits per heavy atom. The van der Waals surface area contributed by atoms with Crippen molar-refractivity contribution in [1.82, 2.24) is 14.8 Å². The Kier molecular flexibility index (Phi) is 6.42. The summed E-state index contributed by atoms with van der Waals surface area (Å²) in [6.45, 7) is 7.72. The van der Waals surface area contributed by atoms with Gasteiger partial charge in [-0.05, 0) is 32.8 Å². The lowest BCUT2D eigenvalue weighted by Gasteiger charge is -2.37. The van der Waals surface area contributed by atoms with Crippen LogP contribution in [0.25, 0.3) is 0 Å². The molecule has 1 atom stereocenters. The maximum atomic E-state index is 12.7. The van der Waals surface area contributed by atoms with E-state index in [0.717, 1.165) is 30.8 Å². The number of aromatic amines is 1. The number of nitrogens with zero attached hydrogens (tertiary/aromatic N) is 2. The van der Waals surface area contributed by atoms with Gasteiger partial charge < -0.3 is 14.6 Å². The number of hydrogen-bond acceptors (Lipinski definition) is 4. The van der Waals surface area contributed by atoms with Crippen molar-refractivity contribution < 1.29 is 9.53 Å². The SMILES string of the molecule is CN(CCC1c2c([nH]ccc2=O)CCN1Cc1ccccc1)C(=O)OC(C)(C)C. The predicted molar refractivity (Wildman–Crippen MR) is 114 cm³/mol.